The Morgan fingerprint density at radius 3 is 2.65 bits per heavy atom. The van der Waals surface area contributed by atoms with E-state index in [-0.39, 0.29) is 5.54 Å². The highest BCUT2D eigenvalue weighted by Crippen LogP contribution is 2.45. The molecule has 2 aliphatic rings. The van der Waals surface area contributed by atoms with E-state index >= 15 is 0 Å². The van der Waals surface area contributed by atoms with Crippen LogP contribution in [0.4, 0.5) is 0 Å². The topological polar surface area (TPSA) is 40.7 Å². The van der Waals surface area contributed by atoms with Gasteiger partial charge in [0.05, 0.1) is 0 Å². The van der Waals surface area contributed by atoms with E-state index in [0.29, 0.717) is 0 Å². The van der Waals surface area contributed by atoms with Crippen molar-refractivity contribution >= 4 is 0 Å². The van der Waals surface area contributed by atoms with Crippen molar-refractivity contribution in [1.82, 2.24) is 15.3 Å². The molecule has 2 saturated carbocycles. The van der Waals surface area contributed by atoms with Gasteiger partial charge in [0.2, 0.25) is 0 Å². The maximum Gasteiger partial charge on any atom is 0.0460 e. The Morgan fingerprint density at radius 1 is 1.17 bits per heavy atom. The zero-order chi connectivity index (χ0) is 16.1. The van der Waals surface area contributed by atoms with Crippen molar-refractivity contribution in [3.8, 4) is 0 Å². The molecule has 3 rings (SSSR count). The van der Waals surface area contributed by atoms with Crippen LogP contribution in [0.3, 0.4) is 0 Å². The Morgan fingerprint density at radius 2 is 1.96 bits per heavy atom. The van der Waals surface area contributed by atoms with Crippen molar-refractivity contribution in [2.45, 2.75) is 70.8 Å². The van der Waals surface area contributed by atoms with Gasteiger partial charge in [0.15, 0.2) is 0 Å². The van der Waals surface area contributed by atoms with Gasteiger partial charge in [-0.15, -0.1) is 0 Å². The second kappa shape index (κ2) is 7.48. The molecular formula is C20H31N3. The Labute approximate surface area is 140 Å². The van der Waals surface area contributed by atoms with E-state index in [0.717, 1.165) is 12.3 Å². The van der Waals surface area contributed by atoms with Crippen LogP contribution in [-0.2, 0) is 12.0 Å². The average Bonchev–Trinajstić information content (AvgIpc) is 3.35. The van der Waals surface area contributed by atoms with Gasteiger partial charge in [-0.2, -0.15) is 0 Å². The largest absolute Gasteiger partial charge is 0.361 e. The molecule has 1 heterocycles. The van der Waals surface area contributed by atoms with Gasteiger partial charge in [-0.3, -0.25) is 4.98 Å². The number of H-pyrrole nitrogens is 1. The molecule has 0 aromatic carbocycles. The summed E-state index contributed by atoms with van der Waals surface area (Å²) in [4.78, 5) is 8.00. The first-order chi connectivity index (χ1) is 11.2. The van der Waals surface area contributed by atoms with Crippen molar-refractivity contribution in [2.75, 3.05) is 6.54 Å². The lowest BCUT2D eigenvalue weighted by Gasteiger charge is -2.25. The third-order valence-corrected chi connectivity index (χ3v) is 5.45. The minimum Gasteiger partial charge on any atom is -0.361 e. The van der Waals surface area contributed by atoms with Crippen LogP contribution < -0.4 is 5.32 Å². The summed E-state index contributed by atoms with van der Waals surface area (Å²) in [7, 11) is 0. The van der Waals surface area contributed by atoms with Gasteiger partial charge in [-0.05, 0) is 63.1 Å². The molecule has 2 fully saturated rings. The number of rotatable bonds is 5. The molecule has 0 unspecified atom stereocenters. The molecule has 3 nitrogen and oxygen atoms in total. The predicted molar refractivity (Wildman–Crippen MR) is 95.8 cm³/mol. The SMILES string of the molecule is CCc1cncc(C2(NCC3CCCCC3)CC2)ccc(C)[nH]1. The minimum atomic E-state index is 0.183. The van der Waals surface area contributed by atoms with Crippen molar-refractivity contribution in [3.63, 3.8) is 0 Å². The fourth-order valence-electron chi connectivity index (χ4n) is 3.68. The van der Waals surface area contributed by atoms with Crippen LogP contribution in [0.1, 0.15) is 68.8 Å². The molecule has 0 saturated heterocycles. The predicted octanol–water partition coefficient (Wildman–Crippen LogP) is 4.56. The van der Waals surface area contributed by atoms with Crippen molar-refractivity contribution in [3.05, 3.63) is 41.5 Å². The summed E-state index contributed by atoms with van der Waals surface area (Å²) in [5.74, 6) is 0.876. The van der Waals surface area contributed by atoms with E-state index in [2.05, 4.69) is 47.5 Å². The summed E-state index contributed by atoms with van der Waals surface area (Å²) in [6.07, 6.45) is 14.6. The van der Waals surface area contributed by atoms with Crippen LogP contribution in [0, 0.1) is 12.8 Å². The fourth-order valence-corrected chi connectivity index (χ4v) is 3.68. The Hall–Kier alpha value is -1.35. The normalized spacial score (nSPS) is 20.1. The second-order valence-corrected chi connectivity index (χ2v) is 7.35. The smallest absolute Gasteiger partial charge is 0.0460 e. The highest BCUT2D eigenvalue weighted by atomic mass is 15.0. The molecule has 3 heteroatoms. The van der Waals surface area contributed by atoms with Gasteiger partial charge in [-0.1, -0.05) is 32.3 Å². The first kappa shape index (κ1) is 16.5. The summed E-state index contributed by atoms with van der Waals surface area (Å²) in [6, 6.07) is 4.44. The van der Waals surface area contributed by atoms with Crippen LogP contribution in [0.15, 0.2) is 24.5 Å². The van der Waals surface area contributed by atoms with Gasteiger partial charge in [0.1, 0.15) is 0 Å². The van der Waals surface area contributed by atoms with Crippen LogP contribution in [0.2, 0.25) is 0 Å². The van der Waals surface area contributed by atoms with Crippen molar-refractivity contribution < 1.29 is 0 Å². The summed E-state index contributed by atoms with van der Waals surface area (Å²) in [5, 5.41) is 3.89. The highest BCUT2D eigenvalue weighted by molar-refractivity contribution is 5.27. The quantitative estimate of drug-likeness (QED) is 0.836. The molecule has 0 radical (unpaired) electrons. The average molecular weight is 313 g/mol. The van der Waals surface area contributed by atoms with Gasteiger partial charge in [0, 0.05) is 29.3 Å². The van der Waals surface area contributed by atoms with Gasteiger partial charge < -0.3 is 10.3 Å². The minimum absolute atomic E-state index is 0.183. The van der Waals surface area contributed by atoms with Gasteiger partial charge in [0.25, 0.3) is 0 Å². The molecule has 2 aliphatic carbocycles. The monoisotopic (exact) mass is 313 g/mol. The fraction of sp³-hybridized carbons (Fsp3) is 0.650. The van der Waals surface area contributed by atoms with E-state index in [1.54, 1.807) is 0 Å². The number of aromatic amines is 1. The third-order valence-electron chi connectivity index (χ3n) is 5.45. The standard InChI is InChI=1S/C20H31N3/c1-3-19-15-21-14-18(10-9-16(2)23-19)20(11-12-20)22-13-17-7-5-4-6-8-17/h9-10,14-15,17,22-23H,3-8,11-13H2,1-2H3. The lowest BCUT2D eigenvalue weighted by atomic mass is 9.89. The molecule has 0 spiro atoms. The molecule has 1 aromatic rings. The number of hydrogen-bond acceptors (Lipinski definition) is 2. The summed E-state index contributed by atoms with van der Waals surface area (Å²) >= 11 is 0. The van der Waals surface area contributed by atoms with Crippen LogP contribution in [-0.4, -0.2) is 16.5 Å². The Kier molecular flexibility index (Phi) is 5.37. The molecular weight excluding hydrogens is 282 g/mol. The number of aryl methyl sites for hydroxylation is 2. The molecule has 0 bridgehead atoms. The van der Waals surface area contributed by atoms with E-state index in [1.807, 2.05) is 6.20 Å². The number of nitrogens with zero attached hydrogens (tertiary/aromatic N) is 1. The van der Waals surface area contributed by atoms with Crippen LogP contribution in [0.5, 0.6) is 0 Å². The van der Waals surface area contributed by atoms with E-state index in [9.17, 15) is 0 Å². The number of hydrogen-bond donors (Lipinski definition) is 2. The zero-order valence-corrected chi connectivity index (χ0v) is 14.7. The molecule has 2 N–H and O–H groups in total. The lowest BCUT2D eigenvalue weighted by molar-refractivity contribution is 0.322. The van der Waals surface area contributed by atoms with E-state index < -0.39 is 0 Å². The molecule has 0 amide bonds. The lowest BCUT2D eigenvalue weighted by Crippen LogP contribution is -2.34. The summed E-state index contributed by atoms with van der Waals surface area (Å²) < 4.78 is 0. The maximum atomic E-state index is 4.57. The first-order valence-corrected chi connectivity index (χ1v) is 9.35. The van der Waals surface area contributed by atoms with E-state index in [1.165, 1.54) is 68.4 Å². The van der Waals surface area contributed by atoms with Crippen molar-refractivity contribution in [2.24, 2.45) is 5.92 Å². The molecule has 1 aromatic heterocycles. The summed E-state index contributed by atoms with van der Waals surface area (Å²) in [6.45, 7) is 5.45. The second-order valence-electron chi connectivity index (χ2n) is 7.35. The van der Waals surface area contributed by atoms with E-state index in [4.69, 9.17) is 0 Å². The summed E-state index contributed by atoms with van der Waals surface area (Å²) in [5.41, 5.74) is 3.87. The Bertz CT molecular complexity index is 564. The molecule has 0 atom stereocenters. The molecule has 23 heavy (non-hydrogen) atoms. The zero-order valence-electron chi connectivity index (χ0n) is 14.7. The molecule has 126 valence electrons. The molecule has 0 aliphatic heterocycles. The van der Waals surface area contributed by atoms with Crippen LogP contribution >= 0.6 is 0 Å². The van der Waals surface area contributed by atoms with Gasteiger partial charge in [-0.25, -0.2) is 0 Å². The first-order valence-electron chi connectivity index (χ1n) is 9.35. The van der Waals surface area contributed by atoms with Crippen LogP contribution in [0.25, 0.3) is 0 Å². The third kappa shape index (κ3) is 4.35. The Balaban J connectivity index is 1.75. The van der Waals surface area contributed by atoms with Gasteiger partial charge >= 0.3 is 0 Å². The highest BCUT2D eigenvalue weighted by Gasteiger charge is 2.44. The number of nitrogens with one attached hydrogen (secondary N) is 2. The number of aromatic nitrogens is 2. The maximum absolute atomic E-state index is 4.57. The van der Waals surface area contributed by atoms with Crippen molar-refractivity contribution in [1.29, 1.82) is 0 Å².